The lowest BCUT2D eigenvalue weighted by molar-refractivity contribution is -0.917. The molecule has 0 bridgehead atoms. The minimum atomic E-state index is -0.316. The van der Waals surface area contributed by atoms with E-state index in [0.717, 1.165) is 56.0 Å². The highest BCUT2D eigenvalue weighted by atomic mass is 32.1. The Kier molecular flexibility index (Phi) is 4.96. The first-order valence-electron chi connectivity index (χ1n) is 9.21. The number of nitrogens with one attached hydrogen (secondary N) is 1. The Bertz CT molecular complexity index is 791. The van der Waals surface area contributed by atoms with E-state index < -0.39 is 0 Å². The molecule has 4 rings (SSSR count). The van der Waals surface area contributed by atoms with Crippen LogP contribution < -0.4 is 9.64 Å². The first kappa shape index (κ1) is 17.5. The lowest BCUT2D eigenvalue weighted by atomic mass is 10.1. The predicted molar refractivity (Wildman–Crippen MR) is 99.6 cm³/mol. The summed E-state index contributed by atoms with van der Waals surface area (Å²) in [7, 11) is 1.47. The van der Waals surface area contributed by atoms with Crippen molar-refractivity contribution in [3.05, 3.63) is 51.0 Å². The highest BCUT2D eigenvalue weighted by Gasteiger charge is 2.27. The van der Waals surface area contributed by atoms with Gasteiger partial charge in [0.25, 0.3) is 5.91 Å². The van der Waals surface area contributed by atoms with E-state index in [2.05, 4.69) is 6.07 Å². The summed E-state index contributed by atoms with van der Waals surface area (Å²) in [6.07, 6.45) is 3.47. The number of quaternary nitrogens is 1. The molecule has 1 fully saturated rings. The molecule has 1 aliphatic carbocycles. The molecule has 1 aliphatic heterocycles. The molecule has 0 saturated carbocycles. The van der Waals surface area contributed by atoms with E-state index in [4.69, 9.17) is 4.74 Å². The average molecular weight is 375 g/mol. The fourth-order valence-corrected chi connectivity index (χ4v) is 5.12. The standard InChI is InChI=1S/C20H23FN2O2S/c1-25-17-6-5-14(11-16(17)21)13-22-7-9-23(10-8-22)20(24)19-12-15-3-2-4-18(15)26-19/h5-6,11-12H,2-4,7-10,13H2,1H3/p+1. The van der Waals surface area contributed by atoms with Crippen LogP contribution in [0.25, 0.3) is 0 Å². The Labute approximate surface area is 157 Å². The number of amides is 1. The molecule has 0 radical (unpaired) electrons. The number of halogens is 1. The third-order valence-corrected chi connectivity index (χ3v) is 6.61. The summed E-state index contributed by atoms with van der Waals surface area (Å²) in [6.45, 7) is 4.08. The van der Waals surface area contributed by atoms with E-state index in [1.165, 1.54) is 28.9 Å². The number of piperazine rings is 1. The molecule has 138 valence electrons. The molecular formula is C20H24FN2O2S+. The summed E-state index contributed by atoms with van der Waals surface area (Å²) < 4.78 is 18.8. The predicted octanol–water partition coefficient (Wildman–Crippen LogP) is 1.93. The average Bonchev–Trinajstić information content (AvgIpc) is 3.24. The van der Waals surface area contributed by atoms with E-state index >= 15 is 0 Å². The van der Waals surface area contributed by atoms with Crippen LogP contribution in [0, 0.1) is 5.82 Å². The summed E-state index contributed by atoms with van der Waals surface area (Å²) >= 11 is 1.68. The van der Waals surface area contributed by atoms with Gasteiger partial charge < -0.3 is 14.5 Å². The van der Waals surface area contributed by atoms with Crippen LogP contribution in [-0.2, 0) is 19.4 Å². The zero-order valence-electron chi connectivity index (χ0n) is 15.0. The number of methoxy groups -OCH3 is 1. The highest BCUT2D eigenvalue weighted by Crippen LogP contribution is 2.31. The number of nitrogens with zero attached hydrogens (tertiary/aromatic N) is 1. The van der Waals surface area contributed by atoms with Crippen molar-refractivity contribution in [3.8, 4) is 5.75 Å². The normalized spacial score (nSPS) is 17.4. The van der Waals surface area contributed by atoms with Crippen molar-refractivity contribution < 1.29 is 18.8 Å². The molecule has 2 heterocycles. The molecule has 2 aromatic rings. The Morgan fingerprint density at radius 1 is 1.27 bits per heavy atom. The van der Waals surface area contributed by atoms with Gasteiger partial charge in [-0.2, -0.15) is 0 Å². The van der Waals surface area contributed by atoms with Crippen LogP contribution in [0.4, 0.5) is 4.39 Å². The molecule has 0 spiro atoms. The van der Waals surface area contributed by atoms with Gasteiger partial charge in [-0.3, -0.25) is 4.79 Å². The number of aryl methyl sites for hydroxylation is 2. The van der Waals surface area contributed by atoms with Crippen LogP contribution in [0.15, 0.2) is 24.3 Å². The molecule has 4 nitrogen and oxygen atoms in total. The number of fused-ring (bicyclic) bond motifs is 1. The van der Waals surface area contributed by atoms with Crippen LogP contribution >= 0.6 is 11.3 Å². The maximum atomic E-state index is 13.8. The van der Waals surface area contributed by atoms with Crippen LogP contribution in [0.1, 0.15) is 32.1 Å². The third-order valence-electron chi connectivity index (χ3n) is 5.39. The first-order valence-corrected chi connectivity index (χ1v) is 10.0. The maximum absolute atomic E-state index is 13.8. The number of ether oxygens (including phenoxy) is 1. The van der Waals surface area contributed by atoms with E-state index in [9.17, 15) is 9.18 Å². The van der Waals surface area contributed by atoms with Gasteiger partial charge in [-0.25, -0.2) is 4.39 Å². The first-order chi connectivity index (χ1) is 12.6. The number of carbonyl (C=O) groups excluding carboxylic acids is 1. The fraction of sp³-hybridized carbons (Fsp3) is 0.450. The lowest BCUT2D eigenvalue weighted by Gasteiger charge is -2.32. The van der Waals surface area contributed by atoms with Crippen molar-refractivity contribution in [1.82, 2.24) is 4.90 Å². The lowest BCUT2D eigenvalue weighted by Crippen LogP contribution is -3.13. The molecule has 1 N–H and O–H groups in total. The van der Waals surface area contributed by atoms with Gasteiger partial charge in [0.15, 0.2) is 11.6 Å². The Morgan fingerprint density at radius 2 is 2.08 bits per heavy atom. The number of thiophene rings is 1. The molecule has 2 aliphatic rings. The van der Waals surface area contributed by atoms with Crippen molar-refractivity contribution in [2.45, 2.75) is 25.8 Å². The molecule has 6 heteroatoms. The Hall–Kier alpha value is -1.92. The minimum Gasteiger partial charge on any atom is -0.494 e. The molecule has 1 saturated heterocycles. The van der Waals surface area contributed by atoms with E-state index in [1.807, 2.05) is 11.0 Å². The maximum Gasteiger partial charge on any atom is 0.264 e. The van der Waals surface area contributed by atoms with Gasteiger partial charge in [0, 0.05) is 10.4 Å². The van der Waals surface area contributed by atoms with Gasteiger partial charge in [-0.1, -0.05) is 0 Å². The van der Waals surface area contributed by atoms with Crippen molar-refractivity contribution in [2.24, 2.45) is 0 Å². The smallest absolute Gasteiger partial charge is 0.264 e. The van der Waals surface area contributed by atoms with Gasteiger partial charge >= 0.3 is 0 Å². The zero-order chi connectivity index (χ0) is 18.1. The second kappa shape index (κ2) is 7.37. The second-order valence-corrected chi connectivity index (χ2v) is 8.24. The fourth-order valence-electron chi connectivity index (χ4n) is 3.90. The topological polar surface area (TPSA) is 34.0 Å². The molecule has 0 atom stereocenters. The van der Waals surface area contributed by atoms with E-state index in [1.54, 1.807) is 23.5 Å². The molecule has 0 unspecified atom stereocenters. The van der Waals surface area contributed by atoms with Crippen LogP contribution in [0.2, 0.25) is 0 Å². The SMILES string of the molecule is COc1ccc(C[NH+]2CCN(C(=O)c3cc4c(s3)CCC4)CC2)cc1F. The summed E-state index contributed by atoms with van der Waals surface area (Å²) in [6, 6.07) is 7.25. The number of benzene rings is 1. The van der Waals surface area contributed by atoms with Gasteiger partial charge in [0.2, 0.25) is 0 Å². The van der Waals surface area contributed by atoms with Crippen molar-refractivity contribution >= 4 is 17.2 Å². The largest absolute Gasteiger partial charge is 0.494 e. The summed E-state index contributed by atoms with van der Waals surface area (Å²) in [5.41, 5.74) is 2.34. The Balaban J connectivity index is 1.33. The van der Waals surface area contributed by atoms with Gasteiger partial charge in [-0.15, -0.1) is 11.3 Å². The van der Waals surface area contributed by atoms with Gasteiger partial charge in [-0.05, 0) is 49.1 Å². The molecule has 1 amide bonds. The number of hydrogen-bond donors (Lipinski definition) is 1. The monoisotopic (exact) mass is 375 g/mol. The van der Waals surface area contributed by atoms with Crippen LogP contribution in [0.5, 0.6) is 5.75 Å². The van der Waals surface area contributed by atoms with Crippen LogP contribution in [0.3, 0.4) is 0 Å². The number of hydrogen-bond acceptors (Lipinski definition) is 3. The van der Waals surface area contributed by atoms with Crippen molar-refractivity contribution in [1.29, 1.82) is 0 Å². The highest BCUT2D eigenvalue weighted by molar-refractivity contribution is 7.14. The van der Waals surface area contributed by atoms with Crippen molar-refractivity contribution in [3.63, 3.8) is 0 Å². The van der Waals surface area contributed by atoms with Crippen molar-refractivity contribution in [2.75, 3.05) is 33.3 Å². The summed E-state index contributed by atoms with van der Waals surface area (Å²) in [5.74, 6) is 0.143. The van der Waals surface area contributed by atoms with E-state index in [-0.39, 0.29) is 17.5 Å². The zero-order valence-corrected chi connectivity index (χ0v) is 15.8. The minimum absolute atomic E-state index is 0.180. The summed E-state index contributed by atoms with van der Waals surface area (Å²) in [5, 5.41) is 0. The van der Waals surface area contributed by atoms with Gasteiger partial charge in [0.05, 0.1) is 38.2 Å². The quantitative estimate of drug-likeness (QED) is 0.886. The van der Waals surface area contributed by atoms with E-state index in [0.29, 0.717) is 0 Å². The third kappa shape index (κ3) is 3.48. The number of carbonyl (C=O) groups is 1. The second-order valence-electron chi connectivity index (χ2n) is 7.10. The van der Waals surface area contributed by atoms with Crippen LogP contribution in [-0.4, -0.2) is 44.1 Å². The number of rotatable bonds is 4. The van der Waals surface area contributed by atoms with Gasteiger partial charge in [0.1, 0.15) is 6.54 Å². The molecule has 1 aromatic carbocycles. The summed E-state index contributed by atoms with van der Waals surface area (Å²) in [4.78, 5) is 18.4. The molecular weight excluding hydrogens is 351 g/mol. The Morgan fingerprint density at radius 3 is 2.77 bits per heavy atom. The molecule has 26 heavy (non-hydrogen) atoms. The molecule has 1 aromatic heterocycles.